The summed E-state index contributed by atoms with van der Waals surface area (Å²) < 4.78 is 0. The van der Waals surface area contributed by atoms with Crippen molar-refractivity contribution in [1.82, 2.24) is 15.3 Å². The highest BCUT2D eigenvalue weighted by molar-refractivity contribution is 5.94. The van der Waals surface area contributed by atoms with E-state index in [4.69, 9.17) is 9.97 Å². The predicted molar refractivity (Wildman–Crippen MR) is 296 cm³/mol. The van der Waals surface area contributed by atoms with Gasteiger partial charge in [0.15, 0.2) is 0 Å². The number of anilines is 1. The van der Waals surface area contributed by atoms with Gasteiger partial charge >= 0.3 is 0 Å². The number of nitrogens with zero attached hydrogens (tertiary/aromatic N) is 3. The van der Waals surface area contributed by atoms with Gasteiger partial charge < -0.3 is 10.2 Å². The van der Waals surface area contributed by atoms with Crippen LogP contribution in [0.3, 0.4) is 0 Å². The zero-order valence-corrected chi connectivity index (χ0v) is 39.0. The molecule has 1 aliphatic heterocycles. The Hall–Kier alpha value is -9.38. The zero-order chi connectivity index (χ0) is 47.3. The van der Waals surface area contributed by atoms with E-state index in [1.165, 1.54) is 16.7 Å². The first-order valence-electron chi connectivity index (χ1n) is 24.1. The van der Waals surface area contributed by atoms with Crippen molar-refractivity contribution in [2.24, 2.45) is 0 Å². The molecule has 0 atom stereocenters. The van der Waals surface area contributed by atoms with Crippen LogP contribution in [0.25, 0.3) is 106 Å². The minimum Gasteiger partial charge on any atom is -0.366 e. The number of para-hydroxylation sites is 1. The summed E-state index contributed by atoms with van der Waals surface area (Å²) in [6.45, 7) is 0.693. The van der Waals surface area contributed by atoms with Crippen molar-refractivity contribution in [2.75, 3.05) is 11.6 Å². The van der Waals surface area contributed by atoms with E-state index in [0.29, 0.717) is 6.67 Å². The average molecular weight is 909 g/mol. The Morgan fingerprint density at radius 1 is 0.282 bits per heavy atom. The molecule has 9 aromatic carbocycles. The van der Waals surface area contributed by atoms with Crippen molar-refractivity contribution >= 4 is 11.4 Å². The van der Waals surface area contributed by atoms with Gasteiger partial charge in [0.05, 0.1) is 23.8 Å². The van der Waals surface area contributed by atoms with Crippen LogP contribution >= 0.6 is 0 Å². The van der Waals surface area contributed by atoms with Gasteiger partial charge in [-0.25, -0.2) is 0 Å². The first-order valence-corrected chi connectivity index (χ1v) is 24.1. The van der Waals surface area contributed by atoms with Gasteiger partial charge in [-0.3, -0.25) is 9.97 Å². The van der Waals surface area contributed by atoms with Gasteiger partial charge in [-0.15, -0.1) is 0 Å². The van der Waals surface area contributed by atoms with Crippen LogP contribution in [0.15, 0.2) is 273 Å². The van der Waals surface area contributed by atoms with Gasteiger partial charge in [0.25, 0.3) is 0 Å². The lowest BCUT2D eigenvalue weighted by Crippen LogP contribution is -2.20. The minimum atomic E-state index is 0.693. The Morgan fingerprint density at radius 3 is 1.17 bits per heavy atom. The lowest BCUT2D eigenvalue weighted by Gasteiger charge is -2.18. The fourth-order valence-electron chi connectivity index (χ4n) is 9.81. The molecule has 336 valence electrons. The van der Waals surface area contributed by atoms with Crippen LogP contribution in [-0.4, -0.2) is 16.6 Å². The molecule has 0 saturated carbocycles. The van der Waals surface area contributed by atoms with Crippen LogP contribution in [0.2, 0.25) is 0 Å². The Morgan fingerprint density at radius 2 is 0.648 bits per heavy atom. The van der Waals surface area contributed by atoms with E-state index in [1.807, 2.05) is 18.5 Å². The fraction of sp³-hybridized carbons (Fsp3) is 0.0149. The molecule has 0 spiro atoms. The van der Waals surface area contributed by atoms with Gasteiger partial charge in [-0.1, -0.05) is 206 Å². The lowest BCUT2D eigenvalue weighted by atomic mass is 9.87. The summed E-state index contributed by atoms with van der Waals surface area (Å²) in [7, 11) is 0. The van der Waals surface area contributed by atoms with Gasteiger partial charge in [0, 0.05) is 52.1 Å². The molecular weight excluding hydrogens is 861 g/mol. The van der Waals surface area contributed by atoms with Gasteiger partial charge in [0.1, 0.15) is 0 Å². The number of nitrogens with one attached hydrogen (secondary N) is 1. The Balaban J connectivity index is 0.931. The van der Waals surface area contributed by atoms with Crippen LogP contribution in [0, 0.1) is 0 Å². The van der Waals surface area contributed by atoms with E-state index in [-0.39, 0.29) is 0 Å². The Labute approximate surface area is 415 Å². The second-order valence-electron chi connectivity index (χ2n) is 17.9. The number of aromatic nitrogens is 2. The summed E-state index contributed by atoms with van der Waals surface area (Å²) >= 11 is 0. The van der Waals surface area contributed by atoms with Crippen LogP contribution in [0.4, 0.5) is 5.69 Å². The summed E-state index contributed by atoms with van der Waals surface area (Å²) in [4.78, 5) is 12.3. The topological polar surface area (TPSA) is 41.1 Å². The van der Waals surface area contributed by atoms with Crippen LogP contribution in [0.5, 0.6) is 0 Å². The van der Waals surface area contributed by atoms with Crippen molar-refractivity contribution in [3.63, 3.8) is 0 Å². The molecule has 1 N–H and O–H groups in total. The largest absolute Gasteiger partial charge is 0.366 e. The maximum atomic E-state index is 5.11. The number of hydrogen-bond acceptors (Lipinski definition) is 4. The van der Waals surface area contributed by atoms with Gasteiger partial charge in [-0.2, -0.15) is 0 Å². The molecule has 71 heavy (non-hydrogen) atoms. The monoisotopic (exact) mass is 908 g/mol. The summed E-state index contributed by atoms with van der Waals surface area (Å²) in [5, 5.41) is 3.71. The number of benzene rings is 9. The highest BCUT2D eigenvalue weighted by Crippen LogP contribution is 2.42. The first kappa shape index (κ1) is 42.9. The molecule has 4 nitrogen and oxygen atoms in total. The third-order valence-corrected chi connectivity index (χ3v) is 13.5. The molecule has 0 saturated heterocycles. The van der Waals surface area contributed by atoms with Crippen molar-refractivity contribution in [1.29, 1.82) is 0 Å². The van der Waals surface area contributed by atoms with Crippen molar-refractivity contribution in [2.45, 2.75) is 0 Å². The van der Waals surface area contributed by atoms with Crippen molar-refractivity contribution in [3.8, 4) is 100 Å². The molecule has 11 aromatic rings. The van der Waals surface area contributed by atoms with Gasteiger partial charge in [0.2, 0.25) is 0 Å². The molecular formula is C67H48N4. The molecule has 0 amide bonds. The quantitative estimate of drug-likeness (QED) is 0.140. The molecule has 0 radical (unpaired) electrons. The van der Waals surface area contributed by atoms with E-state index < -0.39 is 0 Å². The summed E-state index contributed by atoms with van der Waals surface area (Å²) in [6, 6.07) is 90.7. The second-order valence-corrected chi connectivity index (χ2v) is 17.9. The average Bonchev–Trinajstić information content (AvgIpc) is 3.97. The van der Waals surface area contributed by atoms with E-state index >= 15 is 0 Å². The molecule has 4 heteroatoms. The third kappa shape index (κ3) is 8.94. The van der Waals surface area contributed by atoms with E-state index in [9.17, 15) is 0 Å². The van der Waals surface area contributed by atoms with Gasteiger partial charge in [-0.05, 0) is 115 Å². The van der Waals surface area contributed by atoms with Crippen LogP contribution < -0.4 is 10.2 Å². The Kier molecular flexibility index (Phi) is 11.7. The highest BCUT2D eigenvalue weighted by atomic mass is 15.3. The molecule has 12 rings (SSSR count). The van der Waals surface area contributed by atoms with E-state index in [2.05, 4.69) is 265 Å². The fourth-order valence-corrected chi connectivity index (χ4v) is 9.81. The van der Waals surface area contributed by atoms with Crippen molar-refractivity contribution < 1.29 is 0 Å². The Bertz CT molecular complexity index is 3660. The zero-order valence-electron chi connectivity index (χ0n) is 39.0. The SMILES string of the molecule is C1=C(c2ccccc2-c2cc(-c3ccccc3-c3ccc(-c4ccccc4)nc3)cc(-c3ccccc3-c3ccc(-c4cccc(-c5ccc(-c6ccccc6)cc5)c4)nc3)c2)NCN1c1ccccc1. The lowest BCUT2D eigenvalue weighted by molar-refractivity contribution is 0.911. The number of pyridine rings is 2. The molecule has 0 aliphatic carbocycles. The van der Waals surface area contributed by atoms with Crippen LogP contribution in [-0.2, 0) is 0 Å². The third-order valence-electron chi connectivity index (χ3n) is 13.5. The second kappa shape index (κ2) is 19.3. The van der Waals surface area contributed by atoms with E-state index in [0.717, 1.165) is 101 Å². The summed E-state index contributed by atoms with van der Waals surface area (Å²) in [5.41, 5.74) is 23.3. The molecule has 0 fully saturated rings. The smallest absolute Gasteiger partial charge is 0.0921 e. The van der Waals surface area contributed by atoms with E-state index in [1.54, 1.807) is 0 Å². The molecule has 3 heterocycles. The summed E-state index contributed by atoms with van der Waals surface area (Å²) in [5.74, 6) is 0. The minimum absolute atomic E-state index is 0.693. The highest BCUT2D eigenvalue weighted by Gasteiger charge is 2.20. The molecule has 0 unspecified atom stereocenters. The first-order chi connectivity index (χ1) is 35.2. The molecule has 0 bridgehead atoms. The maximum absolute atomic E-state index is 5.11. The summed E-state index contributed by atoms with van der Waals surface area (Å²) in [6.07, 6.45) is 6.25. The number of rotatable bonds is 11. The predicted octanol–water partition coefficient (Wildman–Crippen LogP) is 16.8. The number of hydrogen-bond donors (Lipinski definition) is 1. The van der Waals surface area contributed by atoms with Crippen LogP contribution in [0.1, 0.15) is 5.56 Å². The maximum Gasteiger partial charge on any atom is 0.0921 e. The molecule has 1 aliphatic rings. The normalized spacial score (nSPS) is 12.1. The standard InChI is InChI=1S/C67H48N4/c1-4-17-47(18-5-1)48-31-33-49(34-32-48)51-21-16-22-52(39-51)66-38-36-54(44-69-66)60-26-11-13-28-62(60)56-40-55(61-27-12-10-25-59(61)53-35-37-65(68-43-53)50-19-6-2-7-20-50)41-57(42-56)63-29-14-15-30-64(63)67-45-71(46-70-67)58-23-8-3-9-24-58/h1-45,70H,46H2. The molecule has 2 aromatic heterocycles. The van der Waals surface area contributed by atoms with Crippen molar-refractivity contribution in [3.05, 3.63) is 279 Å².